The minimum Gasteiger partial charge on any atom is -0.467 e. The molecule has 0 saturated carbocycles. The highest BCUT2D eigenvalue weighted by Gasteiger charge is 2.11. The van der Waals surface area contributed by atoms with Crippen molar-refractivity contribution < 1.29 is 9.53 Å². The zero-order chi connectivity index (χ0) is 9.56. The van der Waals surface area contributed by atoms with E-state index in [1.54, 1.807) is 13.8 Å². The van der Waals surface area contributed by atoms with Crippen molar-refractivity contribution in [3.05, 3.63) is 11.8 Å². The average molecular weight is 168 g/mol. The third-order valence-corrected chi connectivity index (χ3v) is 1.28. The molecule has 0 heterocycles. The van der Waals surface area contributed by atoms with Crippen LogP contribution >= 0.6 is 0 Å². The minimum atomic E-state index is -0.417. The molecule has 12 heavy (non-hydrogen) atoms. The molecular formula is C8H12N2O2. The largest absolute Gasteiger partial charge is 0.467 e. The molecule has 0 aliphatic rings. The smallest absolute Gasteiger partial charge is 0.327 e. The van der Waals surface area contributed by atoms with Gasteiger partial charge in [0.25, 0.3) is 0 Å². The summed E-state index contributed by atoms with van der Waals surface area (Å²) in [6.45, 7) is 3.38. The molecule has 0 aliphatic carbocycles. The third-order valence-electron chi connectivity index (χ3n) is 1.28. The van der Waals surface area contributed by atoms with E-state index in [1.807, 2.05) is 6.07 Å². The summed E-state index contributed by atoms with van der Waals surface area (Å²) < 4.78 is 4.48. The number of carbonyl (C=O) groups is 1. The number of allylic oxidation sites excluding steroid dienone is 2. The van der Waals surface area contributed by atoms with Gasteiger partial charge in [-0.1, -0.05) is 0 Å². The van der Waals surface area contributed by atoms with Crippen LogP contribution in [0.1, 0.15) is 13.8 Å². The van der Waals surface area contributed by atoms with Gasteiger partial charge in [-0.2, -0.15) is 5.26 Å². The molecule has 0 aromatic carbocycles. The minimum absolute atomic E-state index is 0.347. The number of nitriles is 1. The van der Waals surface area contributed by atoms with Crippen LogP contribution in [0.2, 0.25) is 0 Å². The Bertz CT molecular complexity index is 228. The molecule has 0 fully saturated rings. The van der Waals surface area contributed by atoms with Crippen LogP contribution in [0.5, 0.6) is 0 Å². The summed E-state index contributed by atoms with van der Waals surface area (Å²) in [7, 11) is 1.32. The maximum absolute atomic E-state index is 10.9. The normalized spacial score (nSPS) is 13.0. The highest BCUT2D eigenvalue weighted by atomic mass is 16.5. The van der Waals surface area contributed by atoms with Crippen LogP contribution < -0.4 is 5.32 Å². The van der Waals surface area contributed by atoms with E-state index in [0.717, 1.165) is 0 Å². The predicted molar refractivity (Wildman–Crippen MR) is 44.0 cm³/mol. The van der Waals surface area contributed by atoms with E-state index in [4.69, 9.17) is 5.26 Å². The molecular weight excluding hydrogens is 156 g/mol. The Morgan fingerprint density at radius 2 is 2.33 bits per heavy atom. The first-order valence-electron chi connectivity index (χ1n) is 3.52. The van der Waals surface area contributed by atoms with Gasteiger partial charge in [0.1, 0.15) is 6.04 Å². The number of rotatable bonds is 3. The number of hydrogen-bond donors (Lipinski definition) is 1. The fourth-order valence-corrected chi connectivity index (χ4v) is 0.716. The van der Waals surface area contributed by atoms with Gasteiger partial charge in [0.2, 0.25) is 0 Å². The number of ether oxygens (including phenoxy) is 1. The fraction of sp³-hybridized carbons (Fsp3) is 0.500. The molecule has 0 bridgehead atoms. The number of nitrogens with zero attached hydrogens (tertiary/aromatic N) is 1. The summed E-state index contributed by atoms with van der Waals surface area (Å²) in [4.78, 5) is 10.9. The Morgan fingerprint density at radius 3 is 2.75 bits per heavy atom. The van der Waals surface area contributed by atoms with Gasteiger partial charge >= 0.3 is 5.97 Å². The number of carbonyl (C=O) groups excluding carboxylic acids is 1. The van der Waals surface area contributed by atoms with E-state index in [0.29, 0.717) is 5.70 Å². The summed E-state index contributed by atoms with van der Waals surface area (Å²) in [5.41, 5.74) is 0.649. The molecule has 0 spiro atoms. The number of hydrogen-bond acceptors (Lipinski definition) is 4. The first-order chi connectivity index (χ1) is 5.61. The SMILES string of the molecule is COC(=O)C(C)N/C(C)=C/C#N. The van der Waals surface area contributed by atoms with Gasteiger partial charge in [-0.25, -0.2) is 4.79 Å². The van der Waals surface area contributed by atoms with Crippen molar-refractivity contribution in [2.75, 3.05) is 7.11 Å². The van der Waals surface area contributed by atoms with E-state index in [1.165, 1.54) is 13.2 Å². The maximum Gasteiger partial charge on any atom is 0.327 e. The van der Waals surface area contributed by atoms with Crippen molar-refractivity contribution >= 4 is 5.97 Å². The highest BCUT2D eigenvalue weighted by Crippen LogP contribution is 1.92. The van der Waals surface area contributed by atoms with Crippen LogP contribution in [-0.2, 0) is 9.53 Å². The Labute approximate surface area is 71.8 Å². The van der Waals surface area contributed by atoms with Crippen LogP contribution in [0.4, 0.5) is 0 Å². The monoisotopic (exact) mass is 168 g/mol. The van der Waals surface area contributed by atoms with E-state index in [2.05, 4.69) is 10.1 Å². The van der Waals surface area contributed by atoms with Gasteiger partial charge in [-0.3, -0.25) is 0 Å². The molecule has 0 amide bonds. The number of esters is 1. The van der Waals surface area contributed by atoms with Crippen LogP contribution in [-0.4, -0.2) is 19.1 Å². The second-order valence-corrected chi connectivity index (χ2v) is 2.35. The van der Waals surface area contributed by atoms with Gasteiger partial charge in [0.15, 0.2) is 0 Å². The van der Waals surface area contributed by atoms with Crippen LogP contribution in [0.25, 0.3) is 0 Å². The van der Waals surface area contributed by atoms with Gasteiger partial charge in [-0.15, -0.1) is 0 Å². The molecule has 0 aliphatic heterocycles. The second kappa shape index (κ2) is 5.19. The molecule has 0 aromatic heterocycles. The molecule has 0 rings (SSSR count). The van der Waals surface area contributed by atoms with Crippen LogP contribution in [0.3, 0.4) is 0 Å². The van der Waals surface area contributed by atoms with Crippen molar-refractivity contribution in [2.45, 2.75) is 19.9 Å². The summed E-state index contributed by atoms with van der Waals surface area (Å²) in [6, 6.07) is 1.44. The quantitative estimate of drug-likeness (QED) is 0.494. The van der Waals surface area contributed by atoms with E-state index in [-0.39, 0.29) is 5.97 Å². The Hall–Kier alpha value is -1.50. The molecule has 1 unspecified atom stereocenters. The second-order valence-electron chi connectivity index (χ2n) is 2.35. The lowest BCUT2D eigenvalue weighted by Crippen LogP contribution is -2.33. The molecule has 4 nitrogen and oxygen atoms in total. The van der Waals surface area contributed by atoms with E-state index in [9.17, 15) is 4.79 Å². The third kappa shape index (κ3) is 3.62. The lowest BCUT2D eigenvalue weighted by molar-refractivity contribution is -0.142. The van der Waals surface area contributed by atoms with Gasteiger partial charge in [-0.05, 0) is 13.8 Å². The molecule has 0 saturated heterocycles. The van der Waals surface area contributed by atoms with Crippen molar-refractivity contribution in [1.82, 2.24) is 5.32 Å². The zero-order valence-corrected chi connectivity index (χ0v) is 7.42. The Morgan fingerprint density at radius 1 is 1.75 bits per heavy atom. The van der Waals surface area contributed by atoms with Crippen molar-refractivity contribution in [3.8, 4) is 6.07 Å². The lowest BCUT2D eigenvalue weighted by atomic mass is 10.3. The first kappa shape index (κ1) is 10.5. The summed E-state index contributed by atoms with van der Waals surface area (Å²) in [6.07, 6.45) is 1.33. The van der Waals surface area contributed by atoms with E-state index >= 15 is 0 Å². The summed E-state index contributed by atoms with van der Waals surface area (Å²) >= 11 is 0. The molecule has 66 valence electrons. The van der Waals surface area contributed by atoms with Gasteiger partial charge < -0.3 is 10.1 Å². The molecule has 4 heteroatoms. The summed E-state index contributed by atoms with van der Waals surface area (Å²) in [5.74, 6) is -0.347. The first-order valence-corrected chi connectivity index (χ1v) is 3.52. The Balaban J connectivity index is 4.02. The lowest BCUT2D eigenvalue weighted by Gasteiger charge is -2.11. The fourth-order valence-electron chi connectivity index (χ4n) is 0.716. The molecule has 0 radical (unpaired) electrons. The van der Waals surface area contributed by atoms with Crippen LogP contribution in [0, 0.1) is 11.3 Å². The number of nitrogens with one attached hydrogen (secondary N) is 1. The van der Waals surface area contributed by atoms with Gasteiger partial charge in [0, 0.05) is 11.8 Å². The van der Waals surface area contributed by atoms with Gasteiger partial charge in [0.05, 0.1) is 13.2 Å². The van der Waals surface area contributed by atoms with Crippen molar-refractivity contribution in [2.24, 2.45) is 0 Å². The maximum atomic E-state index is 10.9. The average Bonchev–Trinajstić information content (AvgIpc) is 2.03. The zero-order valence-electron chi connectivity index (χ0n) is 7.42. The highest BCUT2D eigenvalue weighted by molar-refractivity contribution is 5.75. The molecule has 1 N–H and O–H groups in total. The Kier molecular flexibility index (Phi) is 4.54. The van der Waals surface area contributed by atoms with E-state index < -0.39 is 6.04 Å². The molecule has 1 atom stereocenters. The standard InChI is InChI=1S/C8H12N2O2/c1-6(4-5-9)10-7(2)8(11)12-3/h4,7,10H,1-3H3/b6-4+. The predicted octanol–water partition coefficient (Wildman–Crippen LogP) is 0.565. The van der Waals surface area contributed by atoms with Crippen LogP contribution in [0.15, 0.2) is 11.8 Å². The summed E-state index contributed by atoms with van der Waals surface area (Å²) in [5, 5.41) is 11.1. The molecule has 0 aromatic rings. The van der Waals surface area contributed by atoms with Crippen molar-refractivity contribution in [3.63, 3.8) is 0 Å². The van der Waals surface area contributed by atoms with Crippen molar-refractivity contribution in [1.29, 1.82) is 5.26 Å². The number of methoxy groups -OCH3 is 1. The topological polar surface area (TPSA) is 62.1 Å².